The standard InChI is InChI=1S/C20H23F3N2O3S/c1-15(16-6-3-2-4-7-16)28-24-18-10-12-25(13-11-18)29(26,27)19-9-5-8-17(14-19)20(21,22)23/h2-9,14-15,18,24H,10-13H2,1H3. The molecular formula is C20H23F3N2O3S. The van der Waals surface area contributed by atoms with E-state index >= 15 is 0 Å². The van der Waals surface area contributed by atoms with Gasteiger partial charge in [0.15, 0.2) is 0 Å². The van der Waals surface area contributed by atoms with Crippen molar-refractivity contribution < 1.29 is 26.4 Å². The van der Waals surface area contributed by atoms with E-state index in [4.69, 9.17) is 4.84 Å². The summed E-state index contributed by atoms with van der Waals surface area (Å²) in [6.07, 6.45) is -3.75. The number of sulfonamides is 1. The average Bonchev–Trinajstić information content (AvgIpc) is 2.72. The first kappa shape index (κ1) is 21.8. The molecule has 29 heavy (non-hydrogen) atoms. The normalized spacial score (nSPS) is 17.9. The monoisotopic (exact) mass is 428 g/mol. The molecule has 2 aromatic rings. The summed E-state index contributed by atoms with van der Waals surface area (Å²) in [6, 6.07) is 13.5. The maximum absolute atomic E-state index is 12.9. The van der Waals surface area contributed by atoms with Crippen molar-refractivity contribution in [3.63, 3.8) is 0 Å². The van der Waals surface area contributed by atoms with E-state index in [1.807, 2.05) is 37.3 Å². The second-order valence-corrected chi connectivity index (χ2v) is 8.93. The van der Waals surface area contributed by atoms with Crippen molar-refractivity contribution in [2.75, 3.05) is 13.1 Å². The van der Waals surface area contributed by atoms with Crippen molar-refractivity contribution in [1.82, 2.24) is 9.79 Å². The SMILES string of the molecule is CC(ONC1CCN(S(=O)(=O)c2cccc(C(F)(F)F)c2)CC1)c1ccccc1. The van der Waals surface area contributed by atoms with Crippen molar-refractivity contribution in [3.05, 3.63) is 65.7 Å². The maximum Gasteiger partial charge on any atom is 0.416 e. The first-order chi connectivity index (χ1) is 13.7. The van der Waals surface area contributed by atoms with Crippen LogP contribution in [0, 0.1) is 0 Å². The second-order valence-electron chi connectivity index (χ2n) is 6.99. The van der Waals surface area contributed by atoms with Gasteiger partial charge >= 0.3 is 6.18 Å². The van der Waals surface area contributed by atoms with E-state index < -0.39 is 21.8 Å². The molecule has 1 fully saturated rings. The van der Waals surface area contributed by atoms with Crippen LogP contribution < -0.4 is 5.48 Å². The Morgan fingerprint density at radius 3 is 2.34 bits per heavy atom. The molecule has 1 N–H and O–H groups in total. The molecule has 0 bridgehead atoms. The van der Waals surface area contributed by atoms with Gasteiger partial charge in [-0.3, -0.25) is 4.84 Å². The Labute approximate surface area is 168 Å². The van der Waals surface area contributed by atoms with E-state index in [0.29, 0.717) is 18.9 Å². The Balaban J connectivity index is 1.57. The lowest BCUT2D eigenvalue weighted by Crippen LogP contribution is -2.45. The highest BCUT2D eigenvalue weighted by Gasteiger charge is 2.34. The van der Waals surface area contributed by atoms with Gasteiger partial charge in [-0.1, -0.05) is 36.4 Å². The number of halogens is 3. The van der Waals surface area contributed by atoms with Crippen LogP contribution in [0.15, 0.2) is 59.5 Å². The van der Waals surface area contributed by atoms with Gasteiger partial charge in [0.05, 0.1) is 10.5 Å². The Morgan fingerprint density at radius 2 is 1.72 bits per heavy atom. The van der Waals surface area contributed by atoms with Crippen molar-refractivity contribution in [2.24, 2.45) is 0 Å². The van der Waals surface area contributed by atoms with Gasteiger partial charge in [-0.2, -0.15) is 23.0 Å². The number of rotatable bonds is 6. The minimum Gasteiger partial charge on any atom is -0.294 e. The molecule has 3 rings (SSSR count). The van der Waals surface area contributed by atoms with E-state index in [2.05, 4.69) is 5.48 Å². The molecule has 5 nitrogen and oxygen atoms in total. The summed E-state index contributed by atoms with van der Waals surface area (Å²) in [5.74, 6) is 0. The molecule has 0 aliphatic carbocycles. The zero-order valence-electron chi connectivity index (χ0n) is 15.9. The van der Waals surface area contributed by atoms with Crippen molar-refractivity contribution in [3.8, 4) is 0 Å². The summed E-state index contributed by atoms with van der Waals surface area (Å²) in [5.41, 5.74) is 3.03. The third-order valence-corrected chi connectivity index (χ3v) is 6.83. The number of alkyl halides is 3. The van der Waals surface area contributed by atoms with Crippen molar-refractivity contribution in [1.29, 1.82) is 0 Å². The fourth-order valence-corrected chi connectivity index (χ4v) is 4.70. The lowest BCUT2D eigenvalue weighted by atomic mass is 10.1. The topological polar surface area (TPSA) is 58.6 Å². The minimum absolute atomic E-state index is 0.0332. The van der Waals surface area contributed by atoms with Gasteiger partial charge in [0.1, 0.15) is 6.10 Å². The summed E-state index contributed by atoms with van der Waals surface area (Å²) in [5, 5.41) is 0. The van der Waals surface area contributed by atoms with Gasteiger partial charge in [-0.15, -0.1) is 0 Å². The molecule has 1 aliphatic rings. The highest BCUT2D eigenvalue weighted by atomic mass is 32.2. The van der Waals surface area contributed by atoms with E-state index in [-0.39, 0.29) is 30.1 Å². The van der Waals surface area contributed by atoms with Gasteiger partial charge < -0.3 is 0 Å². The van der Waals surface area contributed by atoms with Crippen LogP contribution in [0.25, 0.3) is 0 Å². The maximum atomic E-state index is 12.9. The van der Waals surface area contributed by atoms with Gasteiger partial charge in [-0.25, -0.2) is 8.42 Å². The van der Waals surface area contributed by atoms with Crippen LogP contribution in [0.1, 0.15) is 37.0 Å². The Morgan fingerprint density at radius 1 is 1.07 bits per heavy atom. The predicted molar refractivity (Wildman–Crippen MR) is 102 cm³/mol. The summed E-state index contributed by atoms with van der Waals surface area (Å²) < 4.78 is 65.4. The number of nitrogens with zero attached hydrogens (tertiary/aromatic N) is 1. The minimum atomic E-state index is -4.59. The number of hydrogen-bond acceptors (Lipinski definition) is 4. The third kappa shape index (κ3) is 5.36. The lowest BCUT2D eigenvalue weighted by Gasteiger charge is -2.32. The molecular weight excluding hydrogens is 405 g/mol. The van der Waals surface area contributed by atoms with Crippen LogP contribution in [0.2, 0.25) is 0 Å². The molecule has 1 unspecified atom stereocenters. The quantitative estimate of drug-likeness (QED) is 0.703. The van der Waals surface area contributed by atoms with E-state index in [0.717, 1.165) is 17.7 Å². The van der Waals surface area contributed by atoms with E-state index in [1.165, 1.54) is 10.4 Å². The number of nitrogens with one attached hydrogen (secondary N) is 1. The highest BCUT2D eigenvalue weighted by molar-refractivity contribution is 7.89. The van der Waals surface area contributed by atoms with Gasteiger partial charge in [0.25, 0.3) is 0 Å². The van der Waals surface area contributed by atoms with Crippen LogP contribution in [0.4, 0.5) is 13.2 Å². The molecule has 2 aromatic carbocycles. The number of benzene rings is 2. The summed E-state index contributed by atoms with van der Waals surface area (Å²) >= 11 is 0. The Hall–Kier alpha value is -1.94. The number of hydrogen-bond donors (Lipinski definition) is 1. The molecule has 0 spiro atoms. The predicted octanol–water partition coefficient (Wildman–Crippen LogP) is 4.14. The molecule has 0 aromatic heterocycles. The van der Waals surface area contributed by atoms with Gasteiger partial charge in [0.2, 0.25) is 10.0 Å². The van der Waals surface area contributed by atoms with E-state index in [9.17, 15) is 21.6 Å². The smallest absolute Gasteiger partial charge is 0.294 e. The zero-order chi connectivity index (χ0) is 21.1. The Kier molecular flexibility index (Phi) is 6.62. The molecule has 1 saturated heterocycles. The van der Waals surface area contributed by atoms with Crippen LogP contribution in [0.5, 0.6) is 0 Å². The van der Waals surface area contributed by atoms with Crippen LogP contribution in [0.3, 0.4) is 0 Å². The number of piperidine rings is 1. The third-order valence-electron chi connectivity index (χ3n) is 4.93. The summed E-state index contributed by atoms with van der Waals surface area (Å²) in [4.78, 5) is 5.34. The van der Waals surface area contributed by atoms with Crippen molar-refractivity contribution in [2.45, 2.75) is 43.0 Å². The molecule has 1 atom stereocenters. The van der Waals surface area contributed by atoms with E-state index in [1.54, 1.807) is 0 Å². The molecule has 1 aliphatic heterocycles. The van der Waals surface area contributed by atoms with Crippen molar-refractivity contribution >= 4 is 10.0 Å². The van der Waals surface area contributed by atoms with Crippen LogP contribution in [-0.4, -0.2) is 31.9 Å². The van der Waals surface area contributed by atoms with Crippen LogP contribution >= 0.6 is 0 Å². The molecule has 1 heterocycles. The molecule has 0 radical (unpaired) electrons. The molecule has 158 valence electrons. The van der Waals surface area contributed by atoms with Gasteiger partial charge in [0, 0.05) is 19.1 Å². The second kappa shape index (κ2) is 8.83. The molecule has 0 saturated carbocycles. The fraction of sp³-hybridized carbons (Fsp3) is 0.400. The largest absolute Gasteiger partial charge is 0.416 e. The number of hydroxylamine groups is 1. The first-order valence-corrected chi connectivity index (χ1v) is 10.8. The molecule has 9 heteroatoms. The summed E-state index contributed by atoms with van der Waals surface area (Å²) in [7, 11) is -3.98. The first-order valence-electron chi connectivity index (χ1n) is 9.31. The Bertz CT molecular complexity index is 912. The molecule has 0 amide bonds. The van der Waals surface area contributed by atoms with Gasteiger partial charge in [-0.05, 0) is 43.5 Å². The summed E-state index contributed by atoms with van der Waals surface area (Å²) in [6.45, 7) is 2.33. The lowest BCUT2D eigenvalue weighted by molar-refractivity contribution is -0.137. The van der Waals surface area contributed by atoms with Crippen LogP contribution in [-0.2, 0) is 21.0 Å². The fourth-order valence-electron chi connectivity index (χ4n) is 3.19. The average molecular weight is 428 g/mol. The highest BCUT2D eigenvalue weighted by Crippen LogP contribution is 2.31. The zero-order valence-corrected chi connectivity index (χ0v) is 16.7.